The fourth-order valence-electron chi connectivity index (χ4n) is 8.27. The van der Waals surface area contributed by atoms with E-state index in [1.165, 1.54) is 24.3 Å². The molecule has 1 unspecified atom stereocenters. The van der Waals surface area contributed by atoms with Crippen molar-refractivity contribution in [2.75, 3.05) is 48.8 Å². The van der Waals surface area contributed by atoms with Gasteiger partial charge in [-0.05, 0) is 94.6 Å². The number of nitrogens with zero attached hydrogens (tertiary/aromatic N) is 3. The number of alkyl halides is 3. The van der Waals surface area contributed by atoms with Gasteiger partial charge in [0.25, 0.3) is 23.6 Å². The van der Waals surface area contributed by atoms with Crippen molar-refractivity contribution >= 4 is 52.5 Å². The Morgan fingerprint density at radius 2 is 1.56 bits per heavy atom. The number of hydrogen-bond acceptors (Lipinski definition) is 10. The number of carbonyl (C=O) groups excluding carboxylic acids is 6. The summed E-state index contributed by atoms with van der Waals surface area (Å²) >= 11 is 0. The van der Waals surface area contributed by atoms with Gasteiger partial charge in [-0.15, -0.1) is 0 Å². The topological polar surface area (TPSA) is 193 Å². The number of unbranched alkanes of at least 4 members (excludes halogenated alkanes) is 2. The van der Waals surface area contributed by atoms with Gasteiger partial charge in [0.2, 0.25) is 17.4 Å². The van der Waals surface area contributed by atoms with E-state index in [4.69, 9.17) is 0 Å². The number of halogens is 4. The maximum atomic E-state index is 15.5. The van der Waals surface area contributed by atoms with Crippen molar-refractivity contribution < 1.29 is 46.3 Å². The molecular formula is C45H46F4N8O7. The van der Waals surface area contributed by atoms with E-state index in [0.717, 1.165) is 11.0 Å². The number of aromatic nitrogens is 1. The van der Waals surface area contributed by atoms with Gasteiger partial charge in [-0.1, -0.05) is 12.1 Å². The molecule has 7 rings (SSSR count). The molecule has 2 saturated heterocycles. The quantitative estimate of drug-likeness (QED) is 0.0661. The summed E-state index contributed by atoms with van der Waals surface area (Å²) in [6, 6.07) is 12.7. The molecule has 5 N–H and O–H groups in total. The van der Waals surface area contributed by atoms with E-state index in [9.17, 15) is 46.7 Å². The van der Waals surface area contributed by atoms with Crippen molar-refractivity contribution in [1.82, 2.24) is 25.4 Å². The highest BCUT2D eigenvalue weighted by Crippen LogP contribution is 2.37. The summed E-state index contributed by atoms with van der Waals surface area (Å²) in [6.07, 6.45) is -2.40. The average Bonchev–Trinajstić information content (AvgIpc) is 3.50. The molecule has 4 aromatic rings. The van der Waals surface area contributed by atoms with Gasteiger partial charge in [0, 0.05) is 73.8 Å². The number of rotatable bonds is 13. The lowest BCUT2D eigenvalue weighted by Gasteiger charge is -2.44. The number of aromatic amines is 1. The molecule has 3 aromatic carbocycles. The second kappa shape index (κ2) is 18.4. The van der Waals surface area contributed by atoms with Gasteiger partial charge >= 0.3 is 6.18 Å². The predicted octanol–water partition coefficient (Wildman–Crippen LogP) is 5.39. The third-order valence-electron chi connectivity index (χ3n) is 11.9. The van der Waals surface area contributed by atoms with Crippen LogP contribution in [0, 0.1) is 5.82 Å². The molecule has 3 aliphatic rings. The van der Waals surface area contributed by atoms with Crippen LogP contribution in [0.25, 0.3) is 11.1 Å². The third kappa shape index (κ3) is 9.39. The predicted molar refractivity (Wildman–Crippen MR) is 229 cm³/mol. The number of nitrogens with one attached hydrogen (secondary N) is 5. The van der Waals surface area contributed by atoms with Crippen molar-refractivity contribution in [3.63, 3.8) is 0 Å². The van der Waals surface area contributed by atoms with E-state index in [-0.39, 0.29) is 65.0 Å². The molecule has 0 radical (unpaired) electrons. The van der Waals surface area contributed by atoms with Crippen LogP contribution >= 0.6 is 0 Å². The molecule has 3 aliphatic heterocycles. The van der Waals surface area contributed by atoms with Gasteiger partial charge in [0.15, 0.2) is 0 Å². The minimum Gasteiger partial charge on any atom is -0.384 e. The van der Waals surface area contributed by atoms with Crippen LogP contribution in [0.15, 0.2) is 71.7 Å². The number of piperidine rings is 1. The molecule has 2 fully saturated rings. The zero-order chi connectivity index (χ0) is 46.0. The summed E-state index contributed by atoms with van der Waals surface area (Å²) < 4.78 is 57.3. The molecule has 0 aliphatic carbocycles. The number of H-pyrrole nitrogens is 1. The number of pyridine rings is 1. The Morgan fingerprint density at radius 3 is 2.28 bits per heavy atom. The van der Waals surface area contributed by atoms with Crippen LogP contribution in [-0.2, 0) is 15.8 Å². The summed E-state index contributed by atoms with van der Waals surface area (Å²) in [5.74, 6) is -4.68. The Labute approximate surface area is 364 Å². The first-order valence-corrected chi connectivity index (χ1v) is 20.8. The number of likely N-dealkylation sites (N-methyl/N-ethyl adjacent to an activating group) is 1. The summed E-state index contributed by atoms with van der Waals surface area (Å²) in [5, 5.41) is 10.8. The van der Waals surface area contributed by atoms with Crippen molar-refractivity contribution in [3.8, 4) is 11.1 Å². The summed E-state index contributed by atoms with van der Waals surface area (Å²) in [6.45, 7) is 5.76. The number of benzene rings is 3. The highest BCUT2D eigenvalue weighted by molar-refractivity contribution is 6.25. The molecule has 15 nitrogen and oxygen atoms in total. The highest BCUT2D eigenvalue weighted by Gasteiger charge is 2.45. The van der Waals surface area contributed by atoms with Crippen molar-refractivity contribution in [1.29, 1.82) is 0 Å². The smallest absolute Gasteiger partial charge is 0.384 e. The molecule has 6 amide bonds. The van der Waals surface area contributed by atoms with Gasteiger partial charge in [0.1, 0.15) is 11.9 Å². The minimum atomic E-state index is -5.00. The molecule has 0 saturated carbocycles. The highest BCUT2D eigenvalue weighted by atomic mass is 19.4. The van der Waals surface area contributed by atoms with E-state index in [0.29, 0.717) is 62.5 Å². The Balaban J connectivity index is 0.993. The van der Waals surface area contributed by atoms with Crippen molar-refractivity contribution in [3.05, 3.63) is 111 Å². The molecular weight excluding hydrogens is 841 g/mol. The van der Waals surface area contributed by atoms with Crippen molar-refractivity contribution in [2.45, 2.75) is 70.3 Å². The van der Waals surface area contributed by atoms with E-state index in [1.54, 1.807) is 24.3 Å². The Morgan fingerprint density at radius 1 is 0.828 bits per heavy atom. The summed E-state index contributed by atoms with van der Waals surface area (Å²) in [7, 11) is 1.98. The van der Waals surface area contributed by atoms with Crippen LogP contribution in [-0.4, -0.2) is 102 Å². The van der Waals surface area contributed by atoms with Gasteiger partial charge in [-0.3, -0.25) is 48.7 Å². The molecule has 1 aromatic heterocycles. The second-order valence-electron chi connectivity index (χ2n) is 16.2. The van der Waals surface area contributed by atoms with Gasteiger partial charge < -0.3 is 25.8 Å². The Kier molecular flexibility index (Phi) is 13.0. The lowest BCUT2D eigenvalue weighted by molar-refractivity contribution is -0.138. The second-order valence-corrected chi connectivity index (χ2v) is 16.2. The summed E-state index contributed by atoms with van der Waals surface area (Å²) in [4.78, 5) is 96.3. The van der Waals surface area contributed by atoms with Crippen LogP contribution < -0.4 is 31.7 Å². The monoisotopic (exact) mass is 886 g/mol. The number of carbonyl (C=O) groups is 6. The third-order valence-corrected chi connectivity index (χ3v) is 11.9. The van der Waals surface area contributed by atoms with E-state index >= 15 is 4.39 Å². The van der Waals surface area contributed by atoms with Crippen LogP contribution in [0.1, 0.15) is 92.9 Å². The first-order chi connectivity index (χ1) is 30.4. The molecule has 0 bridgehead atoms. The number of hydrogen-bond donors (Lipinski definition) is 5. The van der Waals surface area contributed by atoms with Crippen molar-refractivity contribution in [2.24, 2.45) is 0 Å². The van der Waals surface area contributed by atoms with Gasteiger partial charge in [-0.25, -0.2) is 4.39 Å². The van der Waals surface area contributed by atoms with Gasteiger partial charge in [-0.2, -0.15) is 13.2 Å². The largest absolute Gasteiger partial charge is 0.417 e. The number of anilines is 3. The normalized spacial score (nSPS) is 19.1. The maximum absolute atomic E-state index is 15.5. The molecule has 336 valence electrons. The standard InChI is InChI=1S/C45H46F4N8O7/c1-24-22-56(23-25(2)55(24)3)35-13-11-26(19-34(35)53-41(61)30-21-52-38(59)20-31(30)45(47,48)49)29-18-27(10-12-32(29)46)40(60)51-17-6-4-5-16-50-33-9-7-8-28-39(33)44(64)57(43(28)63)36-14-15-37(58)54-42(36)62/h7-13,18-21,24-25,36,50H,4-6,14-17,22-23H2,1-3H3,(H,51,60)(H,52,59)(H,53,61)(H,54,58,62)/t24-,25+,36?. The van der Waals surface area contributed by atoms with E-state index in [2.05, 4.69) is 31.2 Å². The van der Waals surface area contributed by atoms with Crippen LogP contribution in [0.5, 0.6) is 0 Å². The molecule has 4 heterocycles. The SMILES string of the molecule is C[C@@H]1CN(c2ccc(-c3cc(C(=O)NCCCCCNc4cccc5c4C(=O)N(C4CCC(=O)NC4=O)C5=O)ccc3F)cc2NC(=O)c2c[nH]c(=O)cc2C(F)(F)F)C[C@H](C)N1C. The van der Waals surface area contributed by atoms with Crippen LogP contribution in [0.2, 0.25) is 0 Å². The maximum Gasteiger partial charge on any atom is 0.417 e. The lowest BCUT2D eigenvalue weighted by atomic mass is 9.99. The average molecular weight is 887 g/mol. The Hall–Kier alpha value is -6.89. The lowest BCUT2D eigenvalue weighted by Crippen LogP contribution is -2.55. The first kappa shape index (κ1) is 45.1. The molecule has 64 heavy (non-hydrogen) atoms. The van der Waals surface area contributed by atoms with E-state index in [1.807, 2.05) is 25.8 Å². The minimum absolute atomic E-state index is 0.00807. The molecule has 0 spiro atoms. The number of fused-ring (bicyclic) bond motifs is 1. The van der Waals surface area contributed by atoms with E-state index < -0.39 is 70.2 Å². The zero-order valence-corrected chi connectivity index (χ0v) is 35.2. The number of imide groups is 2. The zero-order valence-electron chi connectivity index (χ0n) is 35.2. The van der Waals surface area contributed by atoms with Crippen LogP contribution in [0.4, 0.5) is 34.6 Å². The van der Waals surface area contributed by atoms with Gasteiger partial charge in [0.05, 0.1) is 33.6 Å². The number of piperazine rings is 1. The fourth-order valence-corrected chi connectivity index (χ4v) is 8.27. The van der Waals surface area contributed by atoms with Crippen LogP contribution in [0.3, 0.4) is 0 Å². The Bertz CT molecular complexity index is 2590. The fraction of sp³-hybridized carbons (Fsp3) is 0.356. The molecule has 19 heteroatoms. The summed E-state index contributed by atoms with van der Waals surface area (Å²) in [5.41, 5.74) is -1.53. The molecule has 3 atom stereocenters. The number of amides is 6. The first-order valence-electron chi connectivity index (χ1n) is 20.8.